The highest BCUT2D eigenvalue weighted by molar-refractivity contribution is 7.94. The van der Waals surface area contributed by atoms with Crippen LogP contribution in [0.25, 0.3) is 0 Å². The van der Waals surface area contributed by atoms with Gasteiger partial charge in [0.15, 0.2) is 0 Å². The molecule has 1 aliphatic rings. The van der Waals surface area contributed by atoms with Gasteiger partial charge < -0.3 is 4.90 Å². The lowest BCUT2D eigenvalue weighted by atomic mass is 10.2. The number of hydrogen-bond acceptors (Lipinski definition) is 4. The van der Waals surface area contributed by atoms with Crippen molar-refractivity contribution in [1.82, 2.24) is 0 Å². The minimum Gasteiger partial charge on any atom is -0.370 e. The van der Waals surface area contributed by atoms with Crippen molar-refractivity contribution in [2.24, 2.45) is 0 Å². The Morgan fingerprint density at radius 1 is 1.10 bits per heavy atom. The molecule has 2 aromatic rings. The molecule has 3 rings (SSSR count). The summed E-state index contributed by atoms with van der Waals surface area (Å²) in [5.41, 5.74) is 1.62. The Bertz CT molecular complexity index is 732. The van der Waals surface area contributed by atoms with E-state index in [4.69, 9.17) is 0 Å². The molecule has 1 aromatic carbocycles. The number of rotatable bonds is 4. The number of benzene rings is 1. The van der Waals surface area contributed by atoms with Gasteiger partial charge in [0, 0.05) is 18.0 Å². The Labute approximate surface area is 129 Å². The first kappa shape index (κ1) is 14.4. The number of para-hydroxylation sites is 2. The Balaban J connectivity index is 1.91. The average Bonchev–Trinajstić information content (AvgIpc) is 3.10. The van der Waals surface area contributed by atoms with E-state index in [2.05, 4.69) is 9.62 Å². The fourth-order valence-electron chi connectivity index (χ4n) is 2.55. The molecule has 0 spiro atoms. The van der Waals surface area contributed by atoms with Crippen LogP contribution in [0.1, 0.15) is 17.7 Å². The molecular formula is C15H18N2O2S2. The van der Waals surface area contributed by atoms with Gasteiger partial charge in [0.1, 0.15) is 4.21 Å². The van der Waals surface area contributed by atoms with Gasteiger partial charge in [0.05, 0.1) is 11.4 Å². The molecule has 0 aliphatic carbocycles. The summed E-state index contributed by atoms with van der Waals surface area (Å²) in [5.74, 6) is 0. The number of thiophene rings is 1. The van der Waals surface area contributed by atoms with Crippen molar-refractivity contribution in [3.05, 3.63) is 41.3 Å². The first-order valence-corrected chi connectivity index (χ1v) is 9.29. The summed E-state index contributed by atoms with van der Waals surface area (Å²) in [6, 6.07) is 11.1. The second-order valence-electron chi connectivity index (χ2n) is 5.18. The number of anilines is 2. The molecule has 1 N–H and O–H groups in total. The SMILES string of the molecule is Cc1ccc(S(=O)(=O)Nc2ccccc2N2CCCC2)s1. The van der Waals surface area contributed by atoms with Crippen molar-refractivity contribution in [2.45, 2.75) is 24.0 Å². The summed E-state index contributed by atoms with van der Waals surface area (Å²) >= 11 is 1.29. The van der Waals surface area contributed by atoms with Crippen LogP contribution in [0.3, 0.4) is 0 Å². The van der Waals surface area contributed by atoms with Crippen LogP contribution in [0.4, 0.5) is 11.4 Å². The molecule has 6 heteroatoms. The van der Waals surface area contributed by atoms with Crippen molar-refractivity contribution in [3.8, 4) is 0 Å². The molecule has 1 fully saturated rings. The smallest absolute Gasteiger partial charge is 0.271 e. The number of sulfonamides is 1. The third kappa shape index (κ3) is 3.06. The minimum atomic E-state index is -3.50. The molecule has 0 unspecified atom stereocenters. The first-order chi connectivity index (χ1) is 10.1. The third-order valence-corrected chi connectivity index (χ3v) is 6.43. The van der Waals surface area contributed by atoms with Crippen LogP contribution in [0.15, 0.2) is 40.6 Å². The van der Waals surface area contributed by atoms with Crippen LogP contribution < -0.4 is 9.62 Å². The zero-order valence-corrected chi connectivity index (χ0v) is 13.5. The monoisotopic (exact) mass is 322 g/mol. The molecule has 0 atom stereocenters. The third-order valence-electron chi connectivity index (χ3n) is 3.58. The van der Waals surface area contributed by atoms with Crippen molar-refractivity contribution >= 4 is 32.7 Å². The standard InChI is InChI=1S/C15H18N2O2S2/c1-12-8-9-15(20-12)21(18,19)16-13-6-2-3-7-14(13)17-10-4-5-11-17/h2-3,6-9,16H,4-5,10-11H2,1H3. The van der Waals surface area contributed by atoms with E-state index in [0.717, 1.165) is 36.5 Å². The zero-order chi connectivity index (χ0) is 14.9. The van der Waals surface area contributed by atoms with Gasteiger partial charge in [-0.3, -0.25) is 4.72 Å². The highest BCUT2D eigenvalue weighted by Gasteiger charge is 2.21. The van der Waals surface area contributed by atoms with Crippen LogP contribution in [0, 0.1) is 6.92 Å². The van der Waals surface area contributed by atoms with E-state index in [0.29, 0.717) is 9.90 Å². The molecule has 4 nitrogen and oxygen atoms in total. The predicted molar refractivity (Wildman–Crippen MR) is 87.8 cm³/mol. The first-order valence-electron chi connectivity index (χ1n) is 6.99. The Hall–Kier alpha value is -1.53. The predicted octanol–water partition coefficient (Wildman–Crippen LogP) is 3.46. The largest absolute Gasteiger partial charge is 0.370 e. The van der Waals surface area contributed by atoms with E-state index < -0.39 is 10.0 Å². The fourth-order valence-corrected chi connectivity index (χ4v) is 4.90. The number of nitrogens with one attached hydrogen (secondary N) is 1. The highest BCUT2D eigenvalue weighted by Crippen LogP contribution is 2.31. The summed E-state index contributed by atoms with van der Waals surface area (Å²) in [5, 5.41) is 0. The fraction of sp³-hybridized carbons (Fsp3) is 0.333. The van der Waals surface area contributed by atoms with Crippen LogP contribution in [-0.4, -0.2) is 21.5 Å². The quantitative estimate of drug-likeness (QED) is 0.938. The van der Waals surface area contributed by atoms with E-state index in [1.54, 1.807) is 6.07 Å². The number of aryl methyl sites for hydroxylation is 1. The van der Waals surface area contributed by atoms with Crippen LogP contribution in [0.5, 0.6) is 0 Å². The topological polar surface area (TPSA) is 49.4 Å². The average molecular weight is 322 g/mol. The van der Waals surface area contributed by atoms with Gasteiger partial charge in [0.25, 0.3) is 10.0 Å². The van der Waals surface area contributed by atoms with Crippen molar-refractivity contribution < 1.29 is 8.42 Å². The summed E-state index contributed by atoms with van der Waals surface area (Å²) in [4.78, 5) is 3.22. The van der Waals surface area contributed by atoms with Gasteiger partial charge in [-0.1, -0.05) is 12.1 Å². The lowest BCUT2D eigenvalue weighted by Gasteiger charge is -2.21. The number of nitrogens with zero attached hydrogens (tertiary/aromatic N) is 1. The minimum absolute atomic E-state index is 0.358. The molecule has 1 saturated heterocycles. The molecule has 0 saturated carbocycles. The molecule has 0 amide bonds. The Kier molecular flexibility index (Phi) is 3.91. The van der Waals surface area contributed by atoms with Gasteiger partial charge in [-0.15, -0.1) is 11.3 Å². The molecule has 21 heavy (non-hydrogen) atoms. The van der Waals surface area contributed by atoms with Crippen molar-refractivity contribution in [2.75, 3.05) is 22.7 Å². The van der Waals surface area contributed by atoms with E-state index in [1.165, 1.54) is 11.3 Å². The molecule has 1 aromatic heterocycles. The van der Waals surface area contributed by atoms with Crippen molar-refractivity contribution in [3.63, 3.8) is 0 Å². The second kappa shape index (κ2) is 5.69. The van der Waals surface area contributed by atoms with Crippen LogP contribution in [0.2, 0.25) is 0 Å². The van der Waals surface area contributed by atoms with Gasteiger partial charge in [0.2, 0.25) is 0 Å². The van der Waals surface area contributed by atoms with E-state index in [9.17, 15) is 8.42 Å². The van der Waals surface area contributed by atoms with Gasteiger partial charge in [-0.25, -0.2) is 8.42 Å². The van der Waals surface area contributed by atoms with Gasteiger partial charge in [-0.05, 0) is 44.0 Å². The summed E-state index contributed by atoms with van der Waals surface area (Å²) < 4.78 is 28.0. The lowest BCUT2D eigenvalue weighted by molar-refractivity contribution is 0.603. The summed E-state index contributed by atoms with van der Waals surface area (Å²) in [7, 11) is -3.50. The molecule has 2 heterocycles. The maximum absolute atomic E-state index is 12.5. The molecule has 112 valence electrons. The molecular weight excluding hydrogens is 304 g/mol. The van der Waals surface area contributed by atoms with Crippen molar-refractivity contribution in [1.29, 1.82) is 0 Å². The maximum Gasteiger partial charge on any atom is 0.271 e. The van der Waals surface area contributed by atoms with Crippen LogP contribution >= 0.6 is 11.3 Å². The lowest BCUT2D eigenvalue weighted by Crippen LogP contribution is -2.21. The van der Waals surface area contributed by atoms with E-state index in [-0.39, 0.29) is 0 Å². The Morgan fingerprint density at radius 2 is 1.81 bits per heavy atom. The van der Waals surface area contributed by atoms with Gasteiger partial charge in [-0.2, -0.15) is 0 Å². The zero-order valence-electron chi connectivity index (χ0n) is 11.9. The summed E-state index contributed by atoms with van der Waals surface area (Å²) in [6.07, 6.45) is 2.32. The second-order valence-corrected chi connectivity index (χ2v) is 8.38. The maximum atomic E-state index is 12.5. The molecule has 0 bridgehead atoms. The normalized spacial score (nSPS) is 15.4. The van der Waals surface area contributed by atoms with Gasteiger partial charge >= 0.3 is 0 Å². The summed E-state index contributed by atoms with van der Waals surface area (Å²) in [6.45, 7) is 3.87. The Morgan fingerprint density at radius 3 is 2.48 bits per heavy atom. The van der Waals surface area contributed by atoms with Crippen LogP contribution in [-0.2, 0) is 10.0 Å². The molecule has 0 radical (unpaired) electrons. The molecule has 1 aliphatic heterocycles. The van der Waals surface area contributed by atoms with E-state index in [1.807, 2.05) is 37.3 Å². The number of hydrogen-bond donors (Lipinski definition) is 1. The van der Waals surface area contributed by atoms with E-state index >= 15 is 0 Å². The highest BCUT2D eigenvalue weighted by atomic mass is 32.2.